The van der Waals surface area contributed by atoms with Crippen molar-refractivity contribution >= 4 is 33.3 Å². The number of nitrogens with two attached hydrogens (primary N) is 1. The fourth-order valence-electron chi connectivity index (χ4n) is 1.35. The number of hydrogen-bond acceptors (Lipinski definition) is 4. The van der Waals surface area contributed by atoms with Gasteiger partial charge in [0.25, 0.3) is 0 Å². The molecule has 3 N–H and O–H groups in total. The molecule has 0 amide bonds. The number of aromatic nitrogens is 2. The van der Waals surface area contributed by atoms with Crippen LogP contribution in [0.3, 0.4) is 0 Å². The summed E-state index contributed by atoms with van der Waals surface area (Å²) in [6, 6.07) is 5.97. The predicted octanol–water partition coefficient (Wildman–Crippen LogP) is 2.87. The Balaban J connectivity index is 2.27. The predicted molar refractivity (Wildman–Crippen MR) is 68.6 cm³/mol. The summed E-state index contributed by atoms with van der Waals surface area (Å²) >= 11 is 3.42. The lowest BCUT2D eigenvalue weighted by Gasteiger charge is -2.08. The van der Waals surface area contributed by atoms with Crippen molar-refractivity contribution in [2.45, 2.75) is 6.92 Å². The lowest BCUT2D eigenvalue weighted by molar-refractivity contribution is 1.20. The molecule has 5 heteroatoms. The fourth-order valence-corrected chi connectivity index (χ4v) is 1.82. The van der Waals surface area contributed by atoms with Crippen molar-refractivity contribution in [2.75, 3.05) is 11.1 Å². The van der Waals surface area contributed by atoms with Crippen LogP contribution >= 0.6 is 15.9 Å². The van der Waals surface area contributed by atoms with Crippen molar-refractivity contribution < 1.29 is 0 Å². The first kappa shape index (κ1) is 10.9. The summed E-state index contributed by atoms with van der Waals surface area (Å²) in [6.07, 6.45) is 3.15. The molecule has 0 radical (unpaired) electrons. The zero-order valence-corrected chi connectivity index (χ0v) is 10.3. The molecule has 82 valence electrons. The van der Waals surface area contributed by atoms with Crippen LogP contribution in [0.4, 0.5) is 17.3 Å². The number of nitrogen functional groups attached to an aromatic ring is 1. The van der Waals surface area contributed by atoms with E-state index in [0.29, 0.717) is 11.6 Å². The van der Waals surface area contributed by atoms with E-state index in [1.54, 1.807) is 6.20 Å². The summed E-state index contributed by atoms with van der Waals surface area (Å²) in [5, 5.41) is 3.17. The molecular weight excluding hydrogens is 268 g/mol. The molecule has 1 heterocycles. The lowest BCUT2D eigenvalue weighted by Crippen LogP contribution is -1.99. The van der Waals surface area contributed by atoms with Crippen molar-refractivity contribution in [2.24, 2.45) is 0 Å². The van der Waals surface area contributed by atoms with Crippen LogP contribution in [-0.4, -0.2) is 9.97 Å². The first-order chi connectivity index (χ1) is 7.65. The van der Waals surface area contributed by atoms with E-state index in [4.69, 9.17) is 5.73 Å². The van der Waals surface area contributed by atoms with Crippen molar-refractivity contribution in [3.8, 4) is 0 Å². The largest absolute Gasteiger partial charge is 0.382 e. The van der Waals surface area contributed by atoms with Crippen LogP contribution in [0.15, 0.2) is 35.1 Å². The number of anilines is 3. The quantitative estimate of drug-likeness (QED) is 0.887. The highest BCUT2D eigenvalue weighted by Gasteiger charge is 2.01. The highest BCUT2D eigenvalue weighted by Crippen LogP contribution is 2.22. The topological polar surface area (TPSA) is 63.8 Å². The van der Waals surface area contributed by atoms with Crippen LogP contribution in [0, 0.1) is 6.92 Å². The molecular formula is C11H11BrN4. The Labute approximate surface area is 102 Å². The Morgan fingerprint density at radius 1 is 1.31 bits per heavy atom. The number of hydrogen-bond donors (Lipinski definition) is 2. The minimum absolute atomic E-state index is 0.403. The average Bonchev–Trinajstić information content (AvgIpc) is 2.22. The van der Waals surface area contributed by atoms with Gasteiger partial charge in [-0.15, -0.1) is 0 Å². The van der Waals surface area contributed by atoms with Gasteiger partial charge in [-0.1, -0.05) is 15.9 Å². The third-order valence-corrected chi connectivity index (χ3v) is 2.60. The van der Waals surface area contributed by atoms with E-state index in [0.717, 1.165) is 15.7 Å². The summed E-state index contributed by atoms with van der Waals surface area (Å²) in [6.45, 7) is 2.02. The third-order valence-electron chi connectivity index (χ3n) is 2.10. The zero-order chi connectivity index (χ0) is 11.5. The minimum Gasteiger partial charge on any atom is -0.382 e. The second-order valence-electron chi connectivity index (χ2n) is 3.41. The van der Waals surface area contributed by atoms with Crippen molar-refractivity contribution in [3.05, 3.63) is 40.6 Å². The monoisotopic (exact) mass is 278 g/mol. The van der Waals surface area contributed by atoms with Gasteiger partial charge in [-0.25, -0.2) is 4.98 Å². The maximum Gasteiger partial charge on any atom is 0.151 e. The molecule has 0 atom stereocenters. The maximum atomic E-state index is 5.55. The highest BCUT2D eigenvalue weighted by molar-refractivity contribution is 9.10. The Bertz CT molecular complexity index is 513. The fraction of sp³-hybridized carbons (Fsp3) is 0.0909. The van der Waals surface area contributed by atoms with E-state index in [9.17, 15) is 0 Å². The van der Waals surface area contributed by atoms with Crippen molar-refractivity contribution in [1.29, 1.82) is 0 Å². The van der Waals surface area contributed by atoms with Gasteiger partial charge in [-0.05, 0) is 30.7 Å². The number of nitrogens with one attached hydrogen (secondary N) is 1. The first-order valence-electron chi connectivity index (χ1n) is 4.76. The minimum atomic E-state index is 0.403. The van der Waals surface area contributed by atoms with E-state index in [-0.39, 0.29) is 0 Å². The molecule has 2 rings (SSSR count). The van der Waals surface area contributed by atoms with Gasteiger partial charge < -0.3 is 11.1 Å². The summed E-state index contributed by atoms with van der Waals surface area (Å²) in [5.74, 6) is 1.05. The van der Waals surface area contributed by atoms with Crippen molar-refractivity contribution in [1.82, 2.24) is 9.97 Å². The number of aryl methyl sites for hydroxylation is 1. The summed E-state index contributed by atoms with van der Waals surface area (Å²) in [4.78, 5) is 8.09. The second-order valence-corrected chi connectivity index (χ2v) is 4.33. The van der Waals surface area contributed by atoms with E-state index in [1.165, 1.54) is 6.20 Å². The number of nitrogens with zero attached hydrogens (tertiary/aromatic N) is 2. The van der Waals surface area contributed by atoms with E-state index < -0.39 is 0 Å². The molecule has 0 aliphatic carbocycles. The summed E-state index contributed by atoms with van der Waals surface area (Å²) < 4.78 is 1.05. The standard InChI is InChI=1S/C11H11BrN4/c1-7-4-8(12)2-3-9(7)15-11-6-14-5-10(13)16-11/h2-6H,1H3,(H3,13,15,16). The van der Waals surface area contributed by atoms with Crippen LogP contribution in [0.25, 0.3) is 0 Å². The third kappa shape index (κ3) is 2.49. The number of benzene rings is 1. The van der Waals surface area contributed by atoms with Crippen LogP contribution in [-0.2, 0) is 0 Å². The smallest absolute Gasteiger partial charge is 0.151 e. The summed E-state index contributed by atoms with van der Waals surface area (Å²) in [5.41, 5.74) is 7.67. The van der Waals surface area contributed by atoms with Gasteiger partial charge in [0.1, 0.15) is 5.82 Å². The van der Waals surface area contributed by atoms with Crippen LogP contribution in [0.1, 0.15) is 5.56 Å². The van der Waals surface area contributed by atoms with Gasteiger partial charge in [-0.2, -0.15) is 0 Å². The molecule has 0 aliphatic rings. The molecule has 0 spiro atoms. The van der Waals surface area contributed by atoms with E-state index in [1.807, 2.05) is 25.1 Å². The molecule has 1 aromatic heterocycles. The number of rotatable bonds is 2. The van der Waals surface area contributed by atoms with Gasteiger partial charge in [0.15, 0.2) is 5.82 Å². The molecule has 0 bridgehead atoms. The molecule has 4 nitrogen and oxygen atoms in total. The molecule has 2 aromatic rings. The normalized spacial score (nSPS) is 10.1. The van der Waals surface area contributed by atoms with Crippen molar-refractivity contribution in [3.63, 3.8) is 0 Å². The van der Waals surface area contributed by atoms with Gasteiger partial charge in [0, 0.05) is 10.2 Å². The van der Waals surface area contributed by atoms with Gasteiger partial charge in [0.05, 0.1) is 12.4 Å². The molecule has 0 saturated heterocycles. The molecule has 0 unspecified atom stereocenters. The molecule has 1 aromatic carbocycles. The van der Waals surface area contributed by atoms with E-state index >= 15 is 0 Å². The van der Waals surface area contributed by atoms with Gasteiger partial charge in [-0.3, -0.25) is 4.98 Å². The molecule has 0 fully saturated rings. The van der Waals surface area contributed by atoms with Gasteiger partial charge in [0.2, 0.25) is 0 Å². The van der Waals surface area contributed by atoms with Crippen LogP contribution in [0.5, 0.6) is 0 Å². The summed E-state index contributed by atoms with van der Waals surface area (Å²) in [7, 11) is 0. The van der Waals surface area contributed by atoms with Crippen LogP contribution < -0.4 is 11.1 Å². The second kappa shape index (κ2) is 4.49. The Hall–Kier alpha value is -1.62. The van der Waals surface area contributed by atoms with Gasteiger partial charge >= 0.3 is 0 Å². The number of halogens is 1. The SMILES string of the molecule is Cc1cc(Br)ccc1Nc1cncc(N)n1. The first-order valence-corrected chi connectivity index (χ1v) is 5.55. The Morgan fingerprint density at radius 2 is 2.12 bits per heavy atom. The van der Waals surface area contributed by atoms with Crippen LogP contribution in [0.2, 0.25) is 0 Å². The molecule has 0 saturated carbocycles. The molecule has 16 heavy (non-hydrogen) atoms. The molecule has 0 aliphatic heterocycles. The maximum absolute atomic E-state index is 5.55. The zero-order valence-electron chi connectivity index (χ0n) is 8.74. The lowest BCUT2D eigenvalue weighted by atomic mass is 10.2. The Kier molecular flexibility index (Phi) is 3.05. The van der Waals surface area contributed by atoms with E-state index in [2.05, 4.69) is 31.2 Å². The highest BCUT2D eigenvalue weighted by atomic mass is 79.9. The Morgan fingerprint density at radius 3 is 2.81 bits per heavy atom. The average molecular weight is 279 g/mol.